The number of piperidine rings is 1. The standard InChI is InChI=1S/C18H25N5O3S/c1-21-10-12-22(13-11-21)20-18(24)15-6-8-23(9-7-15)27(25,26)17-5-3-2-4-16(17)14-19/h2-5,15H,6-13H2,1H3,(H,20,24). The molecular weight excluding hydrogens is 366 g/mol. The van der Waals surface area contributed by atoms with Crippen molar-refractivity contribution >= 4 is 15.9 Å². The molecule has 2 saturated heterocycles. The number of hydrogen-bond donors (Lipinski definition) is 1. The molecule has 0 aliphatic carbocycles. The second kappa shape index (κ2) is 8.35. The molecule has 8 nitrogen and oxygen atoms in total. The van der Waals surface area contributed by atoms with Crippen molar-refractivity contribution < 1.29 is 13.2 Å². The van der Waals surface area contributed by atoms with Crippen molar-refractivity contribution in [3.05, 3.63) is 29.8 Å². The van der Waals surface area contributed by atoms with E-state index in [1.54, 1.807) is 12.1 Å². The highest BCUT2D eigenvalue weighted by Crippen LogP contribution is 2.25. The summed E-state index contributed by atoms with van der Waals surface area (Å²) in [5.74, 6) is -0.226. The molecule has 9 heteroatoms. The number of likely N-dealkylation sites (N-methyl/N-ethyl adjacent to an activating group) is 1. The highest BCUT2D eigenvalue weighted by atomic mass is 32.2. The number of sulfonamides is 1. The Hall–Kier alpha value is -1.99. The maximum Gasteiger partial charge on any atom is 0.244 e. The fourth-order valence-corrected chi connectivity index (χ4v) is 5.06. The van der Waals surface area contributed by atoms with Gasteiger partial charge in [-0.3, -0.25) is 10.2 Å². The van der Waals surface area contributed by atoms with Gasteiger partial charge in [0.15, 0.2) is 0 Å². The Morgan fingerprint density at radius 3 is 2.37 bits per heavy atom. The molecule has 1 aromatic carbocycles. The minimum absolute atomic E-state index is 0.0333. The Kier molecular flexibility index (Phi) is 6.11. The third kappa shape index (κ3) is 4.47. The van der Waals surface area contributed by atoms with Crippen LogP contribution in [0.2, 0.25) is 0 Å². The van der Waals surface area contributed by atoms with Crippen LogP contribution in [0.15, 0.2) is 29.2 Å². The van der Waals surface area contributed by atoms with Crippen LogP contribution in [-0.4, -0.2) is 74.9 Å². The Labute approximate surface area is 160 Å². The monoisotopic (exact) mass is 391 g/mol. The van der Waals surface area contributed by atoms with E-state index in [-0.39, 0.29) is 35.4 Å². The molecule has 27 heavy (non-hydrogen) atoms. The number of hydrogen-bond acceptors (Lipinski definition) is 6. The number of benzene rings is 1. The highest BCUT2D eigenvalue weighted by molar-refractivity contribution is 7.89. The Morgan fingerprint density at radius 2 is 1.74 bits per heavy atom. The first-order valence-corrected chi connectivity index (χ1v) is 10.6. The summed E-state index contributed by atoms with van der Waals surface area (Å²) in [6.45, 7) is 3.97. The van der Waals surface area contributed by atoms with E-state index < -0.39 is 10.0 Å². The largest absolute Gasteiger partial charge is 0.304 e. The van der Waals surface area contributed by atoms with Gasteiger partial charge in [0.05, 0.1) is 10.5 Å². The first kappa shape index (κ1) is 19.8. The number of carbonyl (C=O) groups excluding carboxylic acids is 1. The van der Waals surface area contributed by atoms with Gasteiger partial charge in [-0.15, -0.1) is 0 Å². The molecule has 2 aliphatic heterocycles. The zero-order chi connectivity index (χ0) is 19.4. The second-order valence-electron chi connectivity index (χ2n) is 7.05. The molecule has 1 amide bonds. The zero-order valence-corrected chi connectivity index (χ0v) is 16.3. The van der Waals surface area contributed by atoms with Crippen LogP contribution in [-0.2, 0) is 14.8 Å². The number of carbonyl (C=O) groups is 1. The van der Waals surface area contributed by atoms with Gasteiger partial charge in [-0.1, -0.05) is 12.1 Å². The topological polar surface area (TPSA) is 96.8 Å². The number of hydrazine groups is 1. The Balaban J connectivity index is 1.58. The summed E-state index contributed by atoms with van der Waals surface area (Å²) in [7, 11) is -1.67. The molecule has 2 heterocycles. The molecule has 0 radical (unpaired) electrons. The van der Waals surface area contributed by atoms with E-state index in [1.165, 1.54) is 16.4 Å². The summed E-state index contributed by atoms with van der Waals surface area (Å²) in [6.07, 6.45) is 0.959. The van der Waals surface area contributed by atoms with Crippen LogP contribution in [0.1, 0.15) is 18.4 Å². The second-order valence-corrected chi connectivity index (χ2v) is 8.96. The van der Waals surface area contributed by atoms with E-state index in [0.29, 0.717) is 12.8 Å². The smallest absolute Gasteiger partial charge is 0.244 e. The lowest BCUT2D eigenvalue weighted by Crippen LogP contribution is -2.54. The SMILES string of the molecule is CN1CCN(NC(=O)C2CCN(S(=O)(=O)c3ccccc3C#N)CC2)CC1. The molecule has 0 spiro atoms. The predicted octanol–water partition coefficient (Wildman–Crippen LogP) is 0.238. The molecule has 2 aliphatic rings. The van der Waals surface area contributed by atoms with Gasteiger partial charge < -0.3 is 4.90 Å². The lowest BCUT2D eigenvalue weighted by molar-refractivity contribution is -0.131. The van der Waals surface area contributed by atoms with E-state index in [1.807, 2.05) is 11.1 Å². The van der Waals surface area contributed by atoms with Gasteiger partial charge >= 0.3 is 0 Å². The molecule has 0 aromatic heterocycles. The molecular formula is C18H25N5O3S. The van der Waals surface area contributed by atoms with Gasteiger partial charge in [0, 0.05) is 45.2 Å². The van der Waals surface area contributed by atoms with Crippen molar-refractivity contribution in [2.24, 2.45) is 5.92 Å². The van der Waals surface area contributed by atoms with Crippen molar-refractivity contribution in [1.29, 1.82) is 5.26 Å². The fourth-order valence-electron chi connectivity index (χ4n) is 3.45. The number of piperazine rings is 1. The van der Waals surface area contributed by atoms with Gasteiger partial charge in [0.1, 0.15) is 6.07 Å². The zero-order valence-electron chi connectivity index (χ0n) is 15.5. The van der Waals surface area contributed by atoms with Crippen molar-refractivity contribution in [2.45, 2.75) is 17.7 Å². The van der Waals surface area contributed by atoms with Crippen molar-refractivity contribution in [3.8, 4) is 6.07 Å². The van der Waals surface area contributed by atoms with Gasteiger partial charge in [-0.25, -0.2) is 13.4 Å². The van der Waals surface area contributed by atoms with Crippen molar-refractivity contribution in [1.82, 2.24) is 19.6 Å². The van der Waals surface area contributed by atoms with Crippen LogP contribution < -0.4 is 5.43 Å². The van der Waals surface area contributed by atoms with E-state index in [2.05, 4.69) is 17.4 Å². The maximum absolute atomic E-state index is 12.9. The summed E-state index contributed by atoms with van der Waals surface area (Å²) >= 11 is 0. The summed E-state index contributed by atoms with van der Waals surface area (Å²) < 4.78 is 27.1. The average Bonchev–Trinajstić information content (AvgIpc) is 2.69. The van der Waals surface area contributed by atoms with Crippen LogP contribution >= 0.6 is 0 Å². The summed E-state index contributed by atoms with van der Waals surface area (Å²) in [5, 5.41) is 11.1. The molecule has 1 N–H and O–H groups in total. The normalized spacial score (nSPS) is 20.9. The van der Waals surface area contributed by atoms with E-state index >= 15 is 0 Å². The van der Waals surface area contributed by atoms with E-state index in [4.69, 9.17) is 0 Å². The molecule has 0 atom stereocenters. The summed E-state index contributed by atoms with van der Waals surface area (Å²) in [6, 6.07) is 8.16. The molecule has 0 saturated carbocycles. The van der Waals surface area contributed by atoms with Crippen LogP contribution in [0.3, 0.4) is 0 Å². The summed E-state index contributed by atoms with van der Waals surface area (Å²) in [4.78, 5) is 14.7. The fraction of sp³-hybridized carbons (Fsp3) is 0.556. The van der Waals surface area contributed by atoms with Crippen molar-refractivity contribution in [3.63, 3.8) is 0 Å². The highest BCUT2D eigenvalue weighted by Gasteiger charge is 2.33. The number of rotatable bonds is 4. The quantitative estimate of drug-likeness (QED) is 0.790. The molecule has 3 rings (SSSR count). The number of amides is 1. The van der Waals surface area contributed by atoms with Gasteiger partial charge in [0.25, 0.3) is 0 Å². The maximum atomic E-state index is 12.9. The average molecular weight is 391 g/mol. The molecule has 2 fully saturated rings. The minimum Gasteiger partial charge on any atom is -0.304 e. The summed E-state index contributed by atoms with van der Waals surface area (Å²) in [5.41, 5.74) is 3.12. The molecule has 0 bridgehead atoms. The molecule has 1 aromatic rings. The van der Waals surface area contributed by atoms with Crippen LogP contribution in [0.5, 0.6) is 0 Å². The van der Waals surface area contributed by atoms with Crippen LogP contribution in [0.4, 0.5) is 0 Å². The van der Waals surface area contributed by atoms with Crippen molar-refractivity contribution in [2.75, 3.05) is 46.3 Å². The number of nitriles is 1. The Morgan fingerprint density at radius 1 is 1.11 bits per heavy atom. The first-order chi connectivity index (χ1) is 12.9. The number of nitrogens with zero attached hydrogens (tertiary/aromatic N) is 4. The number of nitrogens with one attached hydrogen (secondary N) is 1. The lowest BCUT2D eigenvalue weighted by Gasteiger charge is -2.35. The van der Waals surface area contributed by atoms with Gasteiger partial charge in [-0.05, 0) is 32.0 Å². The lowest BCUT2D eigenvalue weighted by atomic mass is 9.97. The van der Waals surface area contributed by atoms with Crippen LogP contribution in [0, 0.1) is 17.2 Å². The third-order valence-corrected chi connectivity index (χ3v) is 7.18. The predicted molar refractivity (Wildman–Crippen MR) is 99.9 cm³/mol. The van der Waals surface area contributed by atoms with Crippen LogP contribution in [0.25, 0.3) is 0 Å². The molecule has 146 valence electrons. The van der Waals surface area contributed by atoms with E-state index in [9.17, 15) is 18.5 Å². The Bertz CT molecular complexity index is 820. The third-order valence-electron chi connectivity index (χ3n) is 5.22. The van der Waals surface area contributed by atoms with E-state index in [0.717, 1.165) is 26.2 Å². The first-order valence-electron chi connectivity index (χ1n) is 9.15. The van der Waals surface area contributed by atoms with Gasteiger partial charge in [0.2, 0.25) is 15.9 Å². The minimum atomic E-state index is -3.72. The van der Waals surface area contributed by atoms with Gasteiger partial charge in [-0.2, -0.15) is 9.57 Å². The molecule has 0 unspecified atom stereocenters.